The molecule has 3 aromatic rings. The maximum Gasteiger partial charge on any atom is 0.407 e. The monoisotopic (exact) mass is 438 g/mol. The van der Waals surface area contributed by atoms with Gasteiger partial charge in [0, 0.05) is 44.3 Å². The van der Waals surface area contributed by atoms with E-state index < -0.39 is 16.1 Å². The van der Waals surface area contributed by atoms with Gasteiger partial charge in [0.05, 0.1) is 16.9 Å². The molecule has 2 aliphatic rings. The second kappa shape index (κ2) is 7.42. The summed E-state index contributed by atoms with van der Waals surface area (Å²) in [5.41, 5.74) is 3.36. The highest BCUT2D eigenvalue weighted by atomic mass is 32.2. The SMILES string of the molecule is O=C(O)N1CCN(c2cccc3cc(S(=O)(=O)N4CCc5ccccc54)cnc23)CC1. The third kappa shape index (κ3) is 3.34. The fourth-order valence-electron chi connectivity index (χ4n) is 4.34. The standard InChI is InChI=1S/C22H22N4O4S/c27-22(28)25-12-10-24(11-13-25)20-7-3-5-17-14-18(15-23-21(17)20)31(29,30)26-9-8-16-4-1-2-6-19(16)26/h1-7,14-15H,8-13H2,(H,27,28). The van der Waals surface area contributed by atoms with Gasteiger partial charge in [-0.15, -0.1) is 0 Å². The molecule has 8 nitrogen and oxygen atoms in total. The number of hydrogen-bond acceptors (Lipinski definition) is 5. The number of nitrogens with zero attached hydrogens (tertiary/aromatic N) is 4. The van der Waals surface area contributed by atoms with Crippen molar-refractivity contribution in [3.63, 3.8) is 0 Å². The van der Waals surface area contributed by atoms with Crippen LogP contribution < -0.4 is 9.21 Å². The predicted octanol–water partition coefficient (Wildman–Crippen LogP) is 2.79. The van der Waals surface area contributed by atoms with Crippen LogP contribution in [0, 0.1) is 0 Å². The zero-order valence-electron chi connectivity index (χ0n) is 16.8. The summed E-state index contributed by atoms with van der Waals surface area (Å²) in [6.45, 7) is 2.40. The molecule has 0 bridgehead atoms. The number of carbonyl (C=O) groups is 1. The molecule has 1 saturated heterocycles. The van der Waals surface area contributed by atoms with E-state index in [1.165, 1.54) is 15.4 Å². The molecule has 0 unspecified atom stereocenters. The van der Waals surface area contributed by atoms with Crippen molar-refractivity contribution in [1.82, 2.24) is 9.88 Å². The van der Waals surface area contributed by atoms with E-state index in [0.717, 1.165) is 22.3 Å². The van der Waals surface area contributed by atoms with Crippen molar-refractivity contribution < 1.29 is 18.3 Å². The Morgan fingerprint density at radius 2 is 1.68 bits per heavy atom. The number of sulfonamides is 1. The zero-order chi connectivity index (χ0) is 21.6. The number of rotatable bonds is 3. The fourth-order valence-corrected chi connectivity index (χ4v) is 5.83. The molecule has 1 amide bonds. The van der Waals surface area contributed by atoms with Gasteiger partial charge in [0.15, 0.2) is 0 Å². The molecule has 1 aromatic heterocycles. The van der Waals surface area contributed by atoms with Gasteiger partial charge in [0.2, 0.25) is 0 Å². The number of carboxylic acid groups (broad SMARTS) is 1. The van der Waals surface area contributed by atoms with Gasteiger partial charge in [-0.05, 0) is 30.2 Å². The highest BCUT2D eigenvalue weighted by Gasteiger charge is 2.31. The summed E-state index contributed by atoms with van der Waals surface area (Å²) in [6, 6.07) is 14.9. The molecule has 1 N–H and O–H groups in total. The van der Waals surface area contributed by atoms with Crippen LogP contribution in [0.4, 0.5) is 16.2 Å². The molecule has 0 radical (unpaired) electrons. The van der Waals surface area contributed by atoms with Crippen molar-refractivity contribution in [2.75, 3.05) is 41.9 Å². The first-order valence-electron chi connectivity index (χ1n) is 10.2. The van der Waals surface area contributed by atoms with Crippen LogP contribution in [-0.2, 0) is 16.4 Å². The number of para-hydroxylation sites is 2. The number of piperazine rings is 1. The van der Waals surface area contributed by atoms with Crippen molar-refractivity contribution in [2.45, 2.75) is 11.3 Å². The molecule has 5 rings (SSSR count). The molecule has 0 aliphatic carbocycles. The fraction of sp³-hybridized carbons (Fsp3) is 0.273. The minimum absolute atomic E-state index is 0.171. The number of fused-ring (bicyclic) bond motifs is 2. The van der Waals surface area contributed by atoms with Crippen LogP contribution in [0.1, 0.15) is 5.56 Å². The van der Waals surface area contributed by atoms with Crippen molar-refractivity contribution in [1.29, 1.82) is 0 Å². The first-order valence-corrected chi connectivity index (χ1v) is 11.6. The topological polar surface area (TPSA) is 94.0 Å². The molecular weight excluding hydrogens is 416 g/mol. The Morgan fingerprint density at radius 3 is 2.45 bits per heavy atom. The second-order valence-electron chi connectivity index (χ2n) is 7.73. The van der Waals surface area contributed by atoms with Crippen molar-refractivity contribution in [2.24, 2.45) is 0 Å². The second-order valence-corrected chi connectivity index (χ2v) is 9.59. The molecule has 9 heteroatoms. The lowest BCUT2D eigenvalue weighted by Gasteiger charge is -2.35. The van der Waals surface area contributed by atoms with Crippen molar-refractivity contribution in [3.8, 4) is 0 Å². The van der Waals surface area contributed by atoms with E-state index in [0.29, 0.717) is 44.7 Å². The summed E-state index contributed by atoms with van der Waals surface area (Å²) in [5, 5.41) is 9.90. The van der Waals surface area contributed by atoms with Crippen LogP contribution in [-0.4, -0.2) is 62.2 Å². The van der Waals surface area contributed by atoms with Crippen LogP contribution in [0.15, 0.2) is 59.6 Å². The van der Waals surface area contributed by atoms with Crippen LogP contribution in [0.25, 0.3) is 10.9 Å². The van der Waals surface area contributed by atoms with Gasteiger partial charge in [-0.2, -0.15) is 0 Å². The van der Waals surface area contributed by atoms with Crippen LogP contribution in [0.2, 0.25) is 0 Å². The number of aromatic nitrogens is 1. The van der Waals surface area contributed by atoms with Gasteiger partial charge in [-0.1, -0.05) is 30.3 Å². The van der Waals surface area contributed by atoms with E-state index in [9.17, 15) is 13.2 Å². The largest absolute Gasteiger partial charge is 0.465 e. The lowest BCUT2D eigenvalue weighted by molar-refractivity contribution is 0.142. The number of benzene rings is 2. The third-order valence-electron chi connectivity index (χ3n) is 5.99. The number of hydrogen-bond donors (Lipinski definition) is 1. The molecular formula is C22H22N4O4S. The van der Waals surface area contributed by atoms with E-state index in [1.807, 2.05) is 42.5 Å². The first-order chi connectivity index (χ1) is 14.9. The highest BCUT2D eigenvalue weighted by molar-refractivity contribution is 7.92. The molecule has 0 spiro atoms. The first kappa shape index (κ1) is 19.6. The number of pyridine rings is 1. The van der Waals surface area contributed by atoms with Crippen LogP contribution in [0.5, 0.6) is 0 Å². The Kier molecular flexibility index (Phi) is 4.70. The number of anilines is 2. The van der Waals surface area contributed by atoms with Gasteiger partial charge in [-0.25, -0.2) is 13.2 Å². The van der Waals surface area contributed by atoms with Crippen molar-refractivity contribution >= 4 is 38.4 Å². The van der Waals surface area contributed by atoms with Gasteiger partial charge in [-0.3, -0.25) is 9.29 Å². The highest BCUT2D eigenvalue weighted by Crippen LogP contribution is 2.34. The van der Waals surface area contributed by atoms with Gasteiger partial charge in [0.25, 0.3) is 10.0 Å². The smallest absolute Gasteiger partial charge is 0.407 e. The molecule has 160 valence electrons. The Balaban J connectivity index is 1.47. The average Bonchev–Trinajstić information content (AvgIpc) is 3.23. The third-order valence-corrected chi connectivity index (χ3v) is 7.77. The molecule has 31 heavy (non-hydrogen) atoms. The van der Waals surface area contributed by atoms with Crippen LogP contribution in [0.3, 0.4) is 0 Å². The average molecular weight is 439 g/mol. The lowest BCUT2D eigenvalue weighted by Crippen LogP contribution is -2.48. The normalized spacial score (nSPS) is 16.6. The molecule has 2 aromatic carbocycles. The van der Waals surface area contributed by atoms with Crippen LogP contribution >= 0.6 is 0 Å². The molecule has 1 fully saturated rings. The Morgan fingerprint density at radius 1 is 0.935 bits per heavy atom. The van der Waals surface area contributed by atoms with E-state index in [-0.39, 0.29) is 4.90 Å². The summed E-state index contributed by atoms with van der Waals surface area (Å²) in [6.07, 6.45) is 1.22. The lowest BCUT2D eigenvalue weighted by atomic mass is 10.1. The summed E-state index contributed by atoms with van der Waals surface area (Å²) < 4.78 is 28.1. The van der Waals surface area contributed by atoms with Gasteiger partial charge in [0.1, 0.15) is 4.90 Å². The van der Waals surface area contributed by atoms with E-state index in [2.05, 4.69) is 9.88 Å². The van der Waals surface area contributed by atoms with E-state index in [4.69, 9.17) is 5.11 Å². The van der Waals surface area contributed by atoms with Gasteiger partial charge >= 0.3 is 6.09 Å². The molecule has 0 saturated carbocycles. The minimum atomic E-state index is -3.71. The number of amides is 1. The van der Waals surface area contributed by atoms with Gasteiger partial charge < -0.3 is 14.9 Å². The predicted molar refractivity (Wildman–Crippen MR) is 118 cm³/mol. The Bertz CT molecular complexity index is 1270. The summed E-state index contributed by atoms with van der Waals surface area (Å²) in [7, 11) is -3.71. The summed E-state index contributed by atoms with van der Waals surface area (Å²) in [4.78, 5) is 19.4. The van der Waals surface area contributed by atoms with E-state index >= 15 is 0 Å². The quantitative estimate of drug-likeness (QED) is 0.676. The Labute approximate surface area is 180 Å². The maximum absolute atomic E-state index is 13.3. The van der Waals surface area contributed by atoms with Crippen molar-refractivity contribution in [3.05, 3.63) is 60.3 Å². The summed E-state index contributed by atoms with van der Waals surface area (Å²) in [5.74, 6) is 0. The maximum atomic E-state index is 13.3. The summed E-state index contributed by atoms with van der Waals surface area (Å²) >= 11 is 0. The van der Waals surface area contributed by atoms with E-state index in [1.54, 1.807) is 6.07 Å². The molecule has 3 heterocycles. The zero-order valence-corrected chi connectivity index (χ0v) is 17.6. The minimum Gasteiger partial charge on any atom is -0.465 e. The Hall–Kier alpha value is -3.33. The molecule has 0 atom stereocenters. The molecule has 2 aliphatic heterocycles.